The highest BCUT2D eigenvalue weighted by Crippen LogP contribution is 2.33. The van der Waals surface area contributed by atoms with Crippen molar-refractivity contribution in [2.24, 2.45) is 0 Å². The van der Waals surface area contributed by atoms with Crippen molar-refractivity contribution in [3.8, 4) is 22.9 Å². The Morgan fingerprint density at radius 1 is 1.10 bits per heavy atom. The van der Waals surface area contributed by atoms with E-state index in [9.17, 15) is 4.79 Å². The quantitative estimate of drug-likeness (QED) is 0.704. The van der Waals surface area contributed by atoms with Gasteiger partial charge in [-0.25, -0.2) is 0 Å². The van der Waals surface area contributed by atoms with E-state index < -0.39 is 6.10 Å². The van der Waals surface area contributed by atoms with E-state index in [2.05, 4.69) is 15.0 Å². The zero-order valence-electron chi connectivity index (χ0n) is 16.7. The van der Waals surface area contributed by atoms with Crippen LogP contribution in [0.1, 0.15) is 37.4 Å². The lowest BCUT2D eigenvalue weighted by Gasteiger charge is -2.25. The molecular weight excluding hydrogens is 380 g/mol. The molecule has 3 heterocycles. The third kappa shape index (κ3) is 3.75. The smallest absolute Gasteiger partial charge is 0.265 e. The molecule has 3 aromatic rings. The molecule has 154 valence electrons. The molecule has 0 spiro atoms. The van der Waals surface area contributed by atoms with E-state index in [-0.39, 0.29) is 12.5 Å². The van der Waals surface area contributed by atoms with Gasteiger partial charge in [0.2, 0.25) is 6.10 Å². The maximum absolute atomic E-state index is 12.6. The molecular formula is C23H24N4O3. The maximum Gasteiger partial charge on any atom is 0.265 e. The average molecular weight is 404 g/mol. The Labute approximate surface area is 175 Å². The van der Waals surface area contributed by atoms with Crippen LogP contribution in [-0.2, 0) is 11.3 Å². The summed E-state index contributed by atoms with van der Waals surface area (Å²) in [6.07, 6.45) is 5.81. The number of nitrogens with one attached hydrogen (secondary N) is 1. The van der Waals surface area contributed by atoms with Crippen molar-refractivity contribution in [1.29, 1.82) is 0 Å². The number of rotatable bonds is 5. The van der Waals surface area contributed by atoms with Crippen LogP contribution in [0.25, 0.3) is 11.4 Å². The van der Waals surface area contributed by atoms with Gasteiger partial charge >= 0.3 is 0 Å². The molecule has 0 radical (unpaired) electrons. The Morgan fingerprint density at radius 3 is 2.70 bits per heavy atom. The van der Waals surface area contributed by atoms with Gasteiger partial charge in [0.05, 0.1) is 29.7 Å². The van der Waals surface area contributed by atoms with Gasteiger partial charge in [-0.2, -0.15) is 5.10 Å². The number of carbonyl (C=O) groups excluding carboxylic acids is 1. The fourth-order valence-corrected chi connectivity index (χ4v) is 4.10. The number of aromatic nitrogens is 3. The molecule has 2 aromatic heterocycles. The zero-order valence-corrected chi connectivity index (χ0v) is 16.7. The first-order chi connectivity index (χ1) is 14.8. The summed E-state index contributed by atoms with van der Waals surface area (Å²) < 4.78 is 13.5. The minimum absolute atomic E-state index is 0.193. The molecule has 7 nitrogen and oxygen atoms in total. The van der Waals surface area contributed by atoms with Gasteiger partial charge in [0.25, 0.3) is 5.91 Å². The van der Waals surface area contributed by atoms with Crippen LogP contribution < -0.4 is 14.8 Å². The predicted molar refractivity (Wildman–Crippen MR) is 111 cm³/mol. The van der Waals surface area contributed by atoms with Crippen molar-refractivity contribution in [3.05, 3.63) is 60.4 Å². The molecule has 1 N–H and O–H groups in total. The van der Waals surface area contributed by atoms with Crippen LogP contribution in [0.2, 0.25) is 0 Å². The Kier molecular flexibility index (Phi) is 5.09. The Bertz CT molecular complexity index is 1030. The maximum atomic E-state index is 12.6. The van der Waals surface area contributed by atoms with Crippen LogP contribution in [0.3, 0.4) is 0 Å². The van der Waals surface area contributed by atoms with Crippen molar-refractivity contribution in [1.82, 2.24) is 20.1 Å². The lowest BCUT2D eigenvalue weighted by Crippen LogP contribution is -2.43. The van der Waals surface area contributed by atoms with Crippen LogP contribution in [0, 0.1) is 0 Å². The highest BCUT2D eigenvalue weighted by atomic mass is 16.6. The average Bonchev–Trinajstić information content (AvgIpc) is 3.47. The molecule has 7 heteroatoms. The number of benzene rings is 1. The molecule has 1 amide bonds. The van der Waals surface area contributed by atoms with E-state index in [1.54, 1.807) is 12.3 Å². The lowest BCUT2D eigenvalue weighted by atomic mass is 10.2. The van der Waals surface area contributed by atoms with Crippen LogP contribution in [-0.4, -0.2) is 33.4 Å². The van der Waals surface area contributed by atoms with Gasteiger partial charge in [0, 0.05) is 6.20 Å². The number of hydrogen-bond acceptors (Lipinski definition) is 5. The van der Waals surface area contributed by atoms with E-state index in [4.69, 9.17) is 14.6 Å². The van der Waals surface area contributed by atoms with Crippen molar-refractivity contribution >= 4 is 5.91 Å². The van der Waals surface area contributed by atoms with Crippen molar-refractivity contribution < 1.29 is 14.3 Å². The predicted octanol–water partition coefficient (Wildman–Crippen LogP) is 3.52. The zero-order chi connectivity index (χ0) is 20.3. The highest BCUT2D eigenvalue weighted by molar-refractivity contribution is 5.81. The summed E-state index contributed by atoms with van der Waals surface area (Å²) >= 11 is 0. The summed E-state index contributed by atoms with van der Waals surface area (Å²) in [5.41, 5.74) is 2.71. The van der Waals surface area contributed by atoms with E-state index in [1.165, 1.54) is 12.8 Å². The molecule has 1 unspecified atom stereocenters. The molecule has 5 rings (SSSR count). The SMILES string of the molecule is O=C(NCc1cc(-c2ccccn2)n(C2CCCC2)n1)C1COc2ccccc2O1. The van der Waals surface area contributed by atoms with Crippen LogP contribution in [0.4, 0.5) is 0 Å². The molecule has 1 aromatic carbocycles. The summed E-state index contributed by atoms with van der Waals surface area (Å²) in [5, 5.41) is 7.75. The number of amides is 1. The third-order valence-corrected chi connectivity index (χ3v) is 5.63. The minimum atomic E-state index is -0.674. The van der Waals surface area contributed by atoms with Gasteiger partial charge < -0.3 is 14.8 Å². The van der Waals surface area contributed by atoms with Gasteiger partial charge in [0.15, 0.2) is 11.5 Å². The van der Waals surface area contributed by atoms with Gasteiger partial charge in [0.1, 0.15) is 6.61 Å². The normalized spacial score (nSPS) is 18.3. The molecule has 0 bridgehead atoms. The number of fused-ring (bicyclic) bond motifs is 1. The first-order valence-electron chi connectivity index (χ1n) is 10.4. The lowest BCUT2D eigenvalue weighted by molar-refractivity contribution is -0.130. The second-order valence-corrected chi connectivity index (χ2v) is 7.70. The first-order valence-corrected chi connectivity index (χ1v) is 10.4. The third-order valence-electron chi connectivity index (χ3n) is 5.63. The minimum Gasteiger partial charge on any atom is -0.485 e. The van der Waals surface area contributed by atoms with Crippen molar-refractivity contribution in [3.63, 3.8) is 0 Å². The summed E-state index contributed by atoms with van der Waals surface area (Å²) in [5.74, 6) is 1.04. The van der Waals surface area contributed by atoms with Crippen LogP contribution >= 0.6 is 0 Å². The standard InChI is InChI=1S/C23H24N4O3/c28-23(22-15-29-20-10-3-4-11-21(20)30-22)25-14-16-13-19(18-9-5-6-12-24-18)27(26-16)17-7-1-2-8-17/h3-6,9-13,17,22H,1-2,7-8,14-15H2,(H,25,28). The number of ether oxygens (including phenoxy) is 2. The van der Waals surface area contributed by atoms with E-state index in [0.29, 0.717) is 24.1 Å². The van der Waals surface area contributed by atoms with E-state index in [0.717, 1.165) is 29.9 Å². The summed E-state index contributed by atoms with van der Waals surface area (Å²) in [7, 11) is 0. The highest BCUT2D eigenvalue weighted by Gasteiger charge is 2.28. The largest absolute Gasteiger partial charge is 0.485 e. The second-order valence-electron chi connectivity index (χ2n) is 7.70. The monoisotopic (exact) mass is 404 g/mol. The molecule has 1 aliphatic heterocycles. The fraction of sp³-hybridized carbons (Fsp3) is 0.348. The molecule has 1 saturated carbocycles. The number of carbonyl (C=O) groups is 1. The van der Waals surface area contributed by atoms with Crippen LogP contribution in [0.5, 0.6) is 11.5 Å². The Hall–Kier alpha value is -3.35. The topological polar surface area (TPSA) is 78.3 Å². The number of nitrogens with zero attached hydrogens (tertiary/aromatic N) is 3. The number of hydrogen-bond donors (Lipinski definition) is 1. The Morgan fingerprint density at radius 2 is 1.90 bits per heavy atom. The van der Waals surface area contributed by atoms with E-state index in [1.807, 2.05) is 42.5 Å². The van der Waals surface area contributed by atoms with Crippen molar-refractivity contribution in [2.45, 2.75) is 44.4 Å². The number of pyridine rings is 1. The summed E-state index contributed by atoms with van der Waals surface area (Å²) in [6.45, 7) is 0.526. The summed E-state index contributed by atoms with van der Waals surface area (Å²) in [6, 6.07) is 15.7. The van der Waals surface area contributed by atoms with Gasteiger partial charge in [-0.1, -0.05) is 31.0 Å². The number of para-hydroxylation sites is 2. The van der Waals surface area contributed by atoms with Gasteiger partial charge in [-0.3, -0.25) is 14.5 Å². The Balaban J connectivity index is 1.30. The van der Waals surface area contributed by atoms with Crippen LogP contribution in [0.15, 0.2) is 54.7 Å². The molecule has 30 heavy (non-hydrogen) atoms. The fourth-order valence-electron chi connectivity index (χ4n) is 4.10. The first kappa shape index (κ1) is 18.7. The van der Waals surface area contributed by atoms with Gasteiger partial charge in [-0.05, 0) is 43.2 Å². The van der Waals surface area contributed by atoms with Gasteiger partial charge in [-0.15, -0.1) is 0 Å². The molecule has 1 aliphatic carbocycles. The molecule has 1 fully saturated rings. The molecule has 2 aliphatic rings. The molecule has 0 saturated heterocycles. The van der Waals surface area contributed by atoms with E-state index >= 15 is 0 Å². The second kappa shape index (κ2) is 8.18. The van der Waals surface area contributed by atoms with Crippen molar-refractivity contribution in [2.75, 3.05) is 6.61 Å². The molecule has 1 atom stereocenters. The summed E-state index contributed by atoms with van der Waals surface area (Å²) in [4.78, 5) is 17.1.